The molecule has 0 aliphatic heterocycles. The van der Waals surface area contributed by atoms with Crippen LogP contribution in [0.1, 0.15) is 32.1 Å². The van der Waals surface area contributed by atoms with E-state index in [1.165, 1.54) is 6.20 Å². The molecule has 0 spiro atoms. The van der Waals surface area contributed by atoms with E-state index < -0.39 is 0 Å². The van der Waals surface area contributed by atoms with Crippen LogP contribution < -0.4 is 10.6 Å². The van der Waals surface area contributed by atoms with E-state index >= 15 is 0 Å². The number of benzene rings is 1. The number of carbonyl (C=O) groups excluding carboxylic acids is 2. The average Bonchev–Trinajstić information content (AvgIpc) is 3.13. The maximum absolute atomic E-state index is 12.6. The Balaban J connectivity index is 1.45. The molecule has 2 N–H and O–H groups in total. The molecule has 0 bridgehead atoms. The zero-order valence-electron chi connectivity index (χ0n) is 17.3. The molecular weight excluding hydrogens is 472 g/mol. The minimum atomic E-state index is -0.329. The third-order valence-electron chi connectivity index (χ3n) is 4.59. The molecule has 1 aromatic carbocycles. The van der Waals surface area contributed by atoms with E-state index in [0.29, 0.717) is 28.5 Å². The minimum absolute atomic E-state index is 0.327. The predicted octanol–water partition coefficient (Wildman–Crippen LogP) is 4.55. The van der Waals surface area contributed by atoms with E-state index in [1.807, 2.05) is 19.9 Å². The molecule has 0 atom stereocenters. The van der Waals surface area contributed by atoms with Crippen molar-refractivity contribution in [3.8, 4) is 5.82 Å². The van der Waals surface area contributed by atoms with Crippen LogP contribution in [-0.2, 0) is 0 Å². The van der Waals surface area contributed by atoms with Gasteiger partial charge in [0.2, 0.25) is 0 Å². The Morgan fingerprint density at radius 3 is 2.34 bits per heavy atom. The lowest BCUT2D eigenvalue weighted by Crippen LogP contribution is -2.15. The lowest BCUT2D eigenvalue weighted by molar-refractivity contribution is 0.101. The number of nitrogens with zero attached hydrogens (tertiary/aromatic N) is 4. The number of aromatic nitrogens is 4. The molecular formula is C23H19BrN6O2. The van der Waals surface area contributed by atoms with Gasteiger partial charge in [-0.25, -0.2) is 14.6 Å². The van der Waals surface area contributed by atoms with Crippen LogP contribution in [0, 0.1) is 13.8 Å². The van der Waals surface area contributed by atoms with Crippen LogP contribution >= 0.6 is 15.9 Å². The largest absolute Gasteiger partial charge is 0.322 e. The zero-order valence-corrected chi connectivity index (χ0v) is 18.9. The van der Waals surface area contributed by atoms with Gasteiger partial charge in [-0.3, -0.25) is 9.59 Å². The highest BCUT2D eigenvalue weighted by Gasteiger charge is 2.12. The van der Waals surface area contributed by atoms with Crippen LogP contribution in [0.25, 0.3) is 5.82 Å². The van der Waals surface area contributed by atoms with E-state index in [9.17, 15) is 9.59 Å². The maximum Gasteiger partial charge on any atom is 0.257 e. The predicted molar refractivity (Wildman–Crippen MR) is 125 cm³/mol. The van der Waals surface area contributed by atoms with Crippen molar-refractivity contribution in [3.63, 3.8) is 0 Å². The van der Waals surface area contributed by atoms with Crippen molar-refractivity contribution >= 4 is 39.2 Å². The monoisotopic (exact) mass is 490 g/mol. The van der Waals surface area contributed by atoms with Crippen LogP contribution in [0.2, 0.25) is 0 Å². The van der Waals surface area contributed by atoms with Gasteiger partial charge in [0.15, 0.2) is 5.82 Å². The van der Waals surface area contributed by atoms with Crippen LogP contribution in [0.5, 0.6) is 0 Å². The van der Waals surface area contributed by atoms with Gasteiger partial charge in [0.1, 0.15) is 5.82 Å². The van der Waals surface area contributed by atoms with Crippen LogP contribution in [0.15, 0.2) is 71.5 Å². The molecule has 0 aliphatic rings. The van der Waals surface area contributed by atoms with E-state index in [-0.39, 0.29) is 11.8 Å². The topological polar surface area (TPSA) is 102 Å². The van der Waals surface area contributed by atoms with Crippen molar-refractivity contribution in [3.05, 3.63) is 94.0 Å². The summed E-state index contributed by atoms with van der Waals surface area (Å²) in [5.41, 5.74) is 3.13. The second kappa shape index (κ2) is 9.11. The third kappa shape index (κ3) is 4.89. The average molecular weight is 491 g/mol. The molecule has 0 saturated heterocycles. The number of halogens is 1. The molecule has 4 rings (SSSR count). The molecule has 0 unspecified atom stereocenters. The Morgan fingerprint density at radius 1 is 0.875 bits per heavy atom. The number of amides is 2. The third-order valence-corrected chi connectivity index (χ3v) is 5.06. The normalized spacial score (nSPS) is 10.6. The van der Waals surface area contributed by atoms with E-state index in [0.717, 1.165) is 15.9 Å². The molecule has 3 aromatic heterocycles. The van der Waals surface area contributed by atoms with Crippen LogP contribution in [0.3, 0.4) is 0 Å². The minimum Gasteiger partial charge on any atom is -0.322 e. The van der Waals surface area contributed by atoms with Crippen molar-refractivity contribution < 1.29 is 9.59 Å². The Kier molecular flexibility index (Phi) is 6.09. The summed E-state index contributed by atoms with van der Waals surface area (Å²) in [6.07, 6.45) is 3.09. The number of rotatable bonds is 5. The van der Waals surface area contributed by atoms with Gasteiger partial charge in [-0.2, -0.15) is 5.10 Å². The SMILES string of the molecule is Cc1cc(C)n(-c2ccc(C(=O)Nc3cccc(C(=O)Nc4ccc(Br)cn4)c3)cn2)n1. The number of hydrogen-bond acceptors (Lipinski definition) is 5. The standard InChI is InChI=1S/C23H19BrN6O2/c1-14-10-15(2)30(29-14)21-9-6-17(12-26-21)23(32)27-19-5-3-4-16(11-19)22(31)28-20-8-7-18(24)13-25-20/h3-13H,1-2H3,(H,27,32)(H,25,28,31). The van der Waals surface area contributed by atoms with Gasteiger partial charge in [-0.1, -0.05) is 6.07 Å². The highest BCUT2D eigenvalue weighted by atomic mass is 79.9. The van der Waals surface area contributed by atoms with Gasteiger partial charge in [-0.15, -0.1) is 0 Å². The van der Waals surface area contributed by atoms with E-state index in [2.05, 4.69) is 41.6 Å². The fourth-order valence-electron chi connectivity index (χ4n) is 3.09. The van der Waals surface area contributed by atoms with Gasteiger partial charge in [0.05, 0.1) is 11.3 Å². The summed E-state index contributed by atoms with van der Waals surface area (Å²) in [6.45, 7) is 3.85. The molecule has 4 aromatic rings. The fraction of sp³-hybridized carbons (Fsp3) is 0.0870. The van der Waals surface area contributed by atoms with Gasteiger partial charge in [-0.05, 0) is 78.3 Å². The summed E-state index contributed by atoms with van der Waals surface area (Å²) in [7, 11) is 0. The van der Waals surface area contributed by atoms with Crippen LogP contribution in [-0.4, -0.2) is 31.6 Å². The fourth-order valence-corrected chi connectivity index (χ4v) is 3.32. The Hall–Kier alpha value is -3.85. The highest BCUT2D eigenvalue weighted by Crippen LogP contribution is 2.16. The molecule has 0 saturated carbocycles. The number of pyridine rings is 2. The lowest BCUT2D eigenvalue weighted by atomic mass is 10.1. The molecule has 0 fully saturated rings. The Morgan fingerprint density at radius 2 is 1.69 bits per heavy atom. The first-order valence-electron chi connectivity index (χ1n) is 9.73. The highest BCUT2D eigenvalue weighted by molar-refractivity contribution is 9.10. The van der Waals surface area contributed by atoms with Crippen molar-refractivity contribution in [2.24, 2.45) is 0 Å². The molecule has 0 aliphatic carbocycles. The smallest absolute Gasteiger partial charge is 0.257 e. The van der Waals surface area contributed by atoms with Gasteiger partial charge in [0, 0.05) is 33.8 Å². The number of aryl methyl sites for hydroxylation is 2. The summed E-state index contributed by atoms with van der Waals surface area (Å²) < 4.78 is 2.54. The summed E-state index contributed by atoms with van der Waals surface area (Å²) in [5.74, 6) is 0.408. The second-order valence-corrected chi connectivity index (χ2v) is 8.01. The Bertz CT molecular complexity index is 1280. The number of nitrogens with one attached hydrogen (secondary N) is 2. The molecule has 160 valence electrons. The zero-order chi connectivity index (χ0) is 22.7. The summed E-state index contributed by atoms with van der Waals surface area (Å²) in [5, 5.41) is 9.91. The molecule has 2 amide bonds. The first kappa shape index (κ1) is 21.4. The molecule has 3 heterocycles. The lowest BCUT2D eigenvalue weighted by Gasteiger charge is -2.09. The summed E-state index contributed by atoms with van der Waals surface area (Å²) in [4.78, 5) is 33.6. The van der Waals surface area contributed by atoms with Crippen molar-refractivity contribution in [2.75, 3.05) is 10.6 Å². The Labute approximate surface area is 192 Å². The summed E-state index contributed by atoms with van der Waals surface area (Å²) >= 11 is 3.30. The quantitative estimate of drug-likeness (QED) is 0.427. The van der Waals surface area contributed by atoms with Crippen molar-refractivity contribution in [1.29, 1.82) is 0 Å². The first-order chi connectivity index (χ1) is 15.4. The number of carbonyl (C=O) groups is 2. The van der Waals surface area contributed by atoms with E-state index in [4.69, 9.17) is 0 Å². The number of hydrogen-bond donors (Lipinski definition) is 2. The molecule has 0 radical (unpaired) electrons. The second-order valence-electron chi connectivity index (χ2n) is 7.09. The van der Waals surface area contributed by atoms with E-state index in [1.54, 1.807) is 59.4 Å². The maximum atomic E-state index is 12.6. The first-order valence-corrected chi connectivity index (χ1v) is 10.5. The van der Waals surface area contributed by atoms with Gasteiger partial charge in [0.25, 0.3) is 11.8 Å². The summed E-state index contributed by atoms with van der Waals surface area (Å²) in [6, 6.07) is 15.5. The van der Waals surface area contributed by atoms with Gasteiger partial charge < -0.3 is 10.6 Å². The van der Waals surface area contributed by atoms with Crippen molar-refractivity contribution in [1.82, 2.24) is 19.7 Å². The molecule has 9 heteroatoms. The number of anilines is 2. The van der Waals surface area contributed by atoms with Crippen molar-refractivity contribution in [2.45, 2.75) is 13.8 Å². The van der Waals surface area contributed by atoms with Gasteiger partial charge >= 0.3 is 0 Å². The molecule has 32 heavy (non-hydrogen) atoms. The molecule has 8 nitrogen and oxygen atoms in total. The van der Waals surface area contributed by atoms with Crippen LogP contribution in [0.4, 0.5) is 11.5 Å².